The number of benzene rings is 2. The Morgan fingerprint density at radius 3 is 2.63 bits per heavy atom. The van der Waals surface area contributed by atoms with E-state index < -0.39 is 29.9 Å². The first-order valence-corrected chi connectivity index (χ1v) is 13.5. The lowest BCUT2D eigenvalue weighted by Crippen LogP contribution is -2.49. The fraction of sp³-hybridized carbons (Fsp3) is 0.483. The lowest BCUT2D eigenvalue weighted by Gasteiger charge is -2.42. The van der Waals surface area contributed by atoms with Crippen molar-refractivity contribution in [1.82, 2.24) is 19.7 Å². The average Bonchev–Trinajstić information content (AvgIpc) is 3.47. The molecular weight excluding hydrogens is 542 g/mol. The van der Waals surface area contributed by atoms with E-state index >= 15 is 0 Å². The molecule has 0 aliphatic carbocycles. The molecule has 6 rings (SSSR count). The molecule has 41 heavy (non-hydrogen) atoms. The van der Waals surface area contributed by atoms with Crippen LogP contribution in [0.3, 0.4) is 0 Å². The van der Waals surface area contributed by atoms with E-state index in [1.165, 1.54) is 18.1 Å². The van der Waals surface area contributed by atoms with Crippen molar-refractivity contribution in [2.75, 3.05) is 38.3 Å². The van der Waals surface area contributed by atoms with Gasteiger partial charge in [-0.1, -0.05) is 12.1 Å². The number of aryl methyl sites for hydroxylation is 1. The number of alkyl halides is 4. The molecule has 8 nitrogen and oxygen atoms in total. The Bertz CT molecular complexity index is 1450. The van der Waals surface area contributed by atoms with Crippen LogP contribution in [0.2, 0.25) is 0 Å². The van der Waals surface area contributed by atoms with Crippen LogP contribution in [0.5, 0.6) is 0 Å². The molecule has 12 heteroatoms. The largest absolute Gasteiger partial charge is 0.416 e. The molecule has 2 fully saturated rings. The first-order chi connectivity index (χ1) is 19.6. The first-order valence-electron chi connectivity index (χ1n) is 13.5. The number of aromatic nitrogens is 3. The highest BCUT2D eigenvalue weighted by atomic mass is 19.4. The van der Waals surface area contributed by atoms with Gasteiger partial charge in [0, 0.05) is 56.9 Å². The van der Waals surface area contributed by atoms with E-state index in [1.807, 2.05) is 29.8 Å². The minimum atomic E-state index is -4.65. The van der Waals surface area contributed by atoms with Gasteiger partial charge in [-0.2, -0.15) is 13.2 Å². The highest BCUT2D eigenvalue weighted by Gasteiger charge is 2.44. The summed E-state index contributed by atoms with van der Waals surface area (Å²) >= 11 is 0. The van der Waals surface area contributed by atoms with Gasteiger partial charge in [-0.25, -0.2) is 4.39 Å². The summed E-state index contributed by atoms with van der Waals surface area (Å²) in [5, 5.41) is 8.15. The molecule has 0 radical (unpaired) electrons. The van der Waals surface area contributed by atoms with E-state index in [1.54, 1.807) is 17.3 Å². The van der Waals surface area contributed by atoms with Crippen LogP contribution in [0.25, 0.3) is 0 Å². The third-order valence-electron chi connectivity index (χ3n) is 8.51. The maximum absolute atomic E-state index is 14.4. The number of anilines is 1. The normalized spacial score (nSPS) is 22.6. The Kier molecular flexibility index (Phi) is 7.11. The smallest absolute Gasteiger partial charge is 0.379 e. The van der Waals surface area contributed by atoms with E-state index in [0.29, 0.717) is 43.9 Å². The van der Waals surface area contributed by atoms with E-state index in [0.717, 1.165) is 17.5 Å². The van der Waals surface area contributed by atoms with Gasteiger partial charge >= 0.3 is 6.18 Å². The number of carbonyl (C=O) groups is 1. The molecule has 2 saturated heterocycles. The number of fused-ring (bicyclic) bond motifs is 1. The molecule has 1 amide bonds. The van der Waals surface area contributed by atoms with Crippen molar-refractivity contribution in [3.05, 3.63) is 76.4 Å². The van der Waals surface area contributed by atoms with Crippen molar-refractivity contribution in [2.45, 2.75) is 49.8 Å². The monoisotopic (exact) mass is 573 g/mol. The van der Waals surface area contributed by atoms with Crippen molar-refractivity contribution in [3.8, 4) is 0 Å². The second-order valence-electron chi connectivity index (χ2n) is 11.2. The van der Waals surface area contributed by atoms with Gasteiger partial charge in [0.25, 0.3) is 5.91 Å². The van der Waals surface area contributed by atoms with Gasteiger partial charge in [0.1, 0.15) is 18.3 Å². The number of likely N-dealkylation sites (tertiary alicyclic amines) is 1. The zero-order valence-electron chi connectivity index (χ0n) is 22.8. The van der Waals surface area contributed by atoms with Crippen LogP contribution in [0, 0.1) is 0 Å². The first kappa shape index (κ1) is 27.8. The number of methoxy groups -OCH3 is 1. The third kappa shape index (κ3) is 5.13. The molecule has 0 bridgehead atoms. The topological polar surface area (TPSA) is 72.7 Å². The summed E-state index contributed by atoms with van der Waals surface area (Å²) in [6.45, 7) is 1.39. The Hall–Kier alpha value is -3.35. The van der Waals surface area contributed by atoms with Crippen LogP contribution in [-0.4, -0.2) is 71.3 Å². The van der Waals surface area contributed by atoms with Crippen molar-refractivity contribution in [3.63, 3.8) is 0 Å². The van der Waals surface area contributed by atoms with Crippen LogP contribution in [0.15, 0.2) is 42.7 Å². The number of ether oxygens (including phenoxy) is 2. The zero-order chi connectivity index (χ0) is 28.9. The van der Waals surface area contributed by atoms with Gasteiger partial charge < -0.3 is 18.9 Å². The lowest BCUT2D eigenvalue weighted by molar-refractivity contribution is -0.138. The van der Waals surface area contributed by atoms with Crippen molar-refractivity contribution >= 4 is 11.6 Å². The lowest BCUT2D eigenvalue weighted by atomic mass is 9.75. The van der Waals surface area contributed by atoms with Crippen LogP contribution >= 0.6 is 0 Å². The average molecular weight is 574 g/mol. The molecular formula is C29H31F4N5O3. The Balaban J connectivity index is 1.28. The highest BCUT2D eigenvalue weighted by molar-refractivity contribution is 6.10. The van der Waals surface area contributed by atoms with E-state index in [9.17, 15) is 22.4 Å². The van der Waals surface area contributed by atoms with Gasteiger partial charge in [-0.3, -0.25) is 9.69 Å². The number of halogens is 4. The summed E-state index contributed by atoms with van der Waals surface area (Å²) in [7, 11) is 3.32. The number of rotatable bonds is 7. The molecule has 218 valence electrons. The molecule has 2 aromatic carbocycles. The molecule has 0 spiro atoms. The quantitative estimate of drug-likeness (QED) is 0.397. The second kappa shape index (κ2) is 10.5. The molecule has 2 atom stereocenters. The molecule has 0 N–H and O–H groups in total. The number of amides is 1. The van der Waals surface area contributed by atoms with Crippen LogP contribution in [0.1, 0.15) is 44.9 Å². The van der Waals surface area contributed by atoms with Crippen LogP contribution in [-0.2, 0) is 47.6 Å². The molecule has 1 aromatic heterocycles. The van der Waals surface area contributed by atoms with Gasteiger partial charge in [0.05, 0.1) is 31.4 Å². The molecule has 3 aliphatic rings. The summed E-state index contributed by atoms with van der Waals surface area (Å²) in [6, 6.07) is 9.98. The van der Waals surface area contributed by atoms with Gasteiger partial charge in [-0.05, 0) is 47.4 Å². The fourth-order valence-electron chi connectivity index (χ4n) is 6.13. The Morgan fingerprint density at radius 1 is 1.20 bits per heavy atom. The molecule has 0 saturated carbocycles. The summed E-state index contributed by atoms with van der Waals surface area (Å²) < 4.78 is 69.8. The van der Waals surface area contributed by atoms with Crippen molar-refractivity contribution < 1.29 is 31.8 Å². The number of hydrogen-bond donors (Lipinski definition) is 0. The van der Waals surface area contributed by atoms with Crippen molar-refractivity contribution in [1.29, 1.82) is 0 Å². The standard InChI is InChI=1S/C29H31F4N5O3/c1-36-17-34-35-26(36)11-28(15-41-16-28)19-4-3-5-20(10-19)38-13-22-21(27(38)39)8-18(9-23(22)29(31,32)33)12-37-7-6-25(40-2)24(30)14-37/h3-5,8-10,17,24-25H,6-7,11-16H2,1-2H3/t24-,25+/m1/s1. The summed E-state index contributed by atoms with van der Waals surface area (Å²) in [5.41, 5.74) is 0.559. The van der Waals surface area contributed by atoms with Gasteiger partial charge in [0.15, 0.2) is 0 Å². The second-order valence-corrected chi connectivity index (χ2v) is 11.2. The van der Waals surface area contributed by atoms with Gasteiger partial charge in [0.2, 0.25) is 0 Å². The summed E-state index contributed by atoms with van der Waals surface area (Å²) in [6.07, 6.45) is -3.75. The third-order valence-corrected chi connectivity index (χ3v) is 8.51. The SMILES string of the molecule is CO[C@H]1CCN(Cc2cc3c(c(C(F)(F)F)c2)CN(c2cccc(C4(Cc5nncn5C)COC4)c2)C3=O)C[C@H]1F. The van der Waals surface area contributed by atoms with Crippen LogP contribution < -0.4 is 4.90 Å². The number of carbonyl (C=O) groups excluding carboxylic acids is 1. The molecule has 4 heterocycles. The zero-order valence-corrected chi connectivity index (χ0v) is 22.8. The molecule has 3 aromatic rings. The van der Waals surface area contributed by atoms with Crippen LogP contribution in [0.4, 0.5) is 23.2 Å². The summed E-state index contributed by atoms with van der Waals surface area (Å²) in [4.78, 5) is 16.8. The molecule has 3 aliphatic heterocycles. The summed E-state index contributed by atoms with van der Waals surface area (Å²) in [5.74, 6) is 0.300. The number of nitrogens with zero attached hydrogens (tertiary/aromatic N) is 5. The van der Waals surface area contributed by atoms with Gasteiger partial charge in [-0.15, -0.1) is 10.2 Å². The minimum absolute atomic E-state index is 0.0320. The minimum Gasteiger partial charge on any atom is -0.379 e. The molecule has 0 unspecified atom stereocenters. The fourth-order valence-corrected chi connectivity index (χ4v) is 6.13. The Morgan fingerprint density at radius 2 is 2.00 bits per heavy atom. The number of piperidine rings is 1. The maximum Gasteiger partial charge on any atom is 0.416 e. The number of hydrogen-bond acceptors (Lipinski definition) is 6. The predicted molar refractivity (Wildman–Crippen MR) is 141 cm³/mol. The highest BCUT2D eigenvalue weighted by Crippen LogP contribution is 2.42. The van der Waals surface area contributed by atoms with Crippen molar-refractivity contribution in [2.24, 2.45) is 7.05 Å². The predicted octanol–water partition coefficient (Wildman–Crippen LogP) is 4.06. The van der Waals surface area contributed by atoms with E-state index in [2.05, 4.69) is 10.2 Å². The van der Waals surface area contributed by atoms with E-state index in [4.69, 9.17) is 9.47 Å². The maximum atomic E-state index is 14.4. The Labute approximate surface area is 234 Å². The van der Waals surface area contributed by atoms with E-state index in [-0.39, 0.29) is 36.2 Å².